The van der Waals surface area contributed by atoms with Crippen LogP contribution in [0.3, 0.4) is 0 Å². The summed E-state index contributed by atoms with van der Waals surface area (Å²) in [5, 5.41) is 3.10. The van der Waals surface area contributed by atoms with Crippen molar-refractivity contribution in [3.05, 3.63) is 64.5 Å². The maximum absolute atomic E-state index is 2.40. The Morgan fingerprint density at radius 2 is 1.52 bits per heavy atom. The minimum atomic E-state index is 0. The molecular weight excluding hydrogens is 397 g/mol. The third kappa shape index (κ3) is 4.08. The number of allylic oxidation sites excluding steroid dienone is 6. The van der Waals surface area contributed by atoms with E-state index in [1.807, 2.05) is 0 Å². The summed E-state index contributed by atoms with van der Waals surface area (Å²) in [5.74, 6) is 0. The average molecular weight is 414 g/mol. The van der Waals surface area contributed by atoms with Crippen LogP contribution in [0.2, 0.25) is 0 Å². The van der Waals surface area contributed by atoms with E-state index >= 15 is 0 Å². The zero-order chi connectivity index (χ0) is 12.5. The number of benzene rings is 1. The first-order chi connectivity index (χ1) is 8.83. The van der Waals surface area contributed by atoms with E-state index in [0.717, 1.165) is 12.8 Å². The predicted octanol–water partition coefficient (Wildman–Crippen LogP) is -0.778. The summed E-state index contributed by atoms with van der Waals surface area (Å²) in [6.45, 7) is 4.50. The molecule has 0 bridgehead atoms. The second-order valence-electron chi connectivity index (χ2n) is 4.67. The van der Waals surface area contributed by atoms with E-state index in [9.17, 15) is 0 Å². The molecule has 1 aromatic rings. The van der Waals surface area contributed by atoms with E-state index in [4.69, 9.17) is 0 Å². The fourth-order valence-electron chi connectivity index (χ4n) is 2.55. The van der Waals surface area contributed by atoms with Gasteiger partial charge in [0.15, 0.2) is 0 Å². The van der Waals surface area contributed by atoms with Crippen LogP contribution in [0, 0.1) is 0 Å². The van der Waals surface area contributed by atoms with Gasteiger partial charge in [0.05, 0.1) is 0 Å². The van der Waals surface area contributed by atoms with Crippen LogP contribution in [-0.2, 0) is 26.2 Å². The quantitative estimate of drug-likeness (QED) is 0.570. The molecule has 1 aromatic carbocycles. The van der Waals surface area contributed by atoms with Crippen LogP contribution in [0.4, 0.5) is 0 Å². The number of hydrogen-bond donors (Lipinski definition) is 0. The standard InChI is InChI=1S/C17H17P.2ClH.Zr/c1-3-12-10-15(13-8-6-5-7-9-13)16-11-14(4-2)18-17(12)16;;;/h5-11H,3-4H2,1-2H3;2*1H;/q;;;+2/p-2. The molecule has 4 heteroatoms. The van der Waals surface area contributed by atoms with Gasteiger partial charge in [-0.05, 0) is 52.6 Å². The van der Waals surface area contributed by atoms with E-state index in [2.05, 4.69) is 56.3 Å². The van der Waals surface area contributed by atoms with Crippen molar-refractivity contribution in [3.8, 4) is 0 Å². The summed E-state index contributed by atoms with van der Waals surface area (Å²) >= 11 is 0. The smallest absolute Gasteiger partial charge is 1.00 e. The summed E-state index contributed by atoms with van der Waals surface area (Å²) in [5.41, 5.74) is 5.75. The van der Waals surface area contributed by atoms with E-state index in [-0.39, 0.29) is 51.0 Å². The summed E-state index contributed by atoms with van der Waals surface area (Å²) in [7, 11) is 1.43. The van der Waals surface area contributed by atoms with E-state index in [1.54, 1.807) is 10.6 Å². The van der Waals surface area contributed by atoms with E-state index in [1.165, 1.54) is 30.5 Å². The van der Waals surface area contributed by atoms with Crippen molar-refractivity contribution in [2.75, 3.05) is 0 Å². The number of rotatable bonds is 3. The fraction of sp³-hybridized carbons (Fsp3) is 0.235. The predicted molar refractivity (Wildman–Crippen MR) is 82.0 cm³/mol. The van der Waals surface area contributed by atoms with Crippen LogP contribution in [0.5, 0.6) is 0 Å². The van der Waals surface area contributed by atoms with Gasteiger partial charge >= 0.3 is 26.2 Å². The van der Waals surface area contributed by atoms with Crippen LogP contribution < -0.4 is 24.8 Å². The zero-order valence-electron chi connectivity index (χ0n) is 12.2. The molecule has 0 aromatic heterocycles. The Hall–Kier alpha value is 0.0731. The molecule has 0 atom stereocenters. The second-order valence-corrected chi connectivity index (χ2v) is 5.91. The topological polar surface area (TPSA) is 0 Å². The van der Waals surface area contributed by atoms with Crippen LogP contribution >= 0.6 is 8.20 Å². The van der Waals surface area contributed by atoms with Gasteiger partial charge in [-0.3, -0.25) is 0 Å². The number of halogens is 2. The Bertz CT molecular complexity index is 613. The van der Waals surface area contributed by atoms with Crippen LogP contribution in [0.15, 0.2) is 58.9 Å². The Balaban J connectivity index is 0.00000133. The average Bonchev–Trinajstić information content (AvgIpc) is 2.97. The van der Waals surface area contributed by atoms with Gasteiger partial charge in [-0.2, -0.15) is 0 Å². The van der Waals surface area contributed by atoms with Gasteiger partial charge in [-0.15, -0.1) is 0 Å². The summed E-state index contributed by atoms with van der Waals surface area (Å²) in [6.07, 6.45) is 7.08. The summed E-state index contributed by atoms with van der Waals surface area (Å²) in [6, 6.07) is 10.8. The van der Waals surface area contributed by atoms with Crippen LogP contribution in [-0.4, -0.2) is 5.29 Å². The second kappa shape index (κ2) is 9.27. The normalized spacial score (nSPS) is 15.8. The molecule has 108 valence electrons. The van der Waals surface area contributed by atoms with Crippen molar-refractivity contribution >= 4 is 19.1 Å². The van der Waals surface area contributed by atoms with Gasteiger partial charge in [0.25, 0.3) is 0 Å². The van der Waals surface area contributed by atoms with Crippen LogP contribution in [0.1, 0.15) is 32.3 Å². The molecule has 0 saturated heterocycles. The Morgan fingerprint density at radius 3 is 2.10 bits per heavy atom. The first kappa shape index (κ1) is 21.1. The molecule has 0 spiro atoms. The molecule has 1 heterocycles. The van der Waals surface area contributed by atoms with Crippen molar-refractivity contribution in [2.45, 2.75) is 26.7 Å². The molecule has 0 unspecified atom stereocenters. The molecule has 0 fully saturated rings. The Morgan fingerprint density at radius 1 is 0.857 bits per heavy atom. The number of fused-ring (bicyclic) bond motifs is 1. The maximum atomic E-state index is 2.40. The molecule has 0 saturated carbocycles. The molecule has 0 N–H and O–H groups in total. The summed E-state index contributed by atoms with van der Waals surface area (Å²) < 4.78 is 0. The van der Waals surface area contributed by atoms with E-state index < -0.39 is 0 Å². The molecule has 1 aliphatic carbocycles. The van der Waals surface area contributed by atoms with Crippen molar-refractivity contribution in [3.63, 3.8) is 0 Å². The van der Waals surface area contributed by atoms with Gasteiger partial charge in [-0.25, -0.2) is 0 Å². The van der Waals surface area contributed by atoms with Crippen molar-refractivity contribution in [2.24, 2.45) is 0 Å². The SMILES string of the molecule is CCC1=PC2=C(CC)C=C(c3ccccc3)C2=C1.[Cl-].[Cl-].[Zr+2]. The first-order valence-corrected chi connectivity index (χ1v) is 7.53. The Kier molecular flexibility index (Phi) is 9.30. The molecule has 0 radical (unpaired) electrons. The van der Waals surface area contributed by atoms with E-state index in [0.29, 0.717) is 0 Å². The van der Waals surface area contributed by atoms with Crippen LogP contribution in [0.25, 0.3) is 5.57 Å². The maximum Gasteiger partial charge on any atom is 2.00 e. The third-order valence-corrected chi connectivity index (χ3v) is 5.05. The molecule has 0 nitrogen and oxygen atoms in total. The third-order valence-electron chi connectivity index (χ3n) is 3.56. The molecule has 1 aliphatic heterocycles. The van der Waals surface area contributed by atoms with Gasteiger partial charge in [0, 0.05) is 5.31 Å². The summed E-state index contributed by atoms with van der Waals surface area (Å²) in [4.78, 5) is 0. The van der Waals surface area contributed by atoms with Gasteiger partial charge in [0.2, 0.25) is 0 Å². The van der Waals surface area contributed by atoms with Crippen molar-refractivity contribution in [1.82, 2.24) is 0 Å². The first-order valence-electron chi connectivity index (χ1n) is 6.63. The minimum Gasteiger partial charge on any atom is -1.00 e. The number of hydrogen-bond acceptors (Lipinski definition) is 0. The van der Waals surface area contributed by atoms with Crippen molar-refractivity contribution < 1.29 is 51.0 Å². The van der Waals surface area contributed by atoms with Crippen molar-refractivity contribution in [1.29, 1.82) is 0 Å². The van der Waals surface area contributed by atoms with Gasteiger partial charge in [-0.1, -0.05) is 52.4 Å². The molecule has 0 amide bonds. The molecular formula is C17H17Cl2PZr. The van der Waals surface area contributed by atoms with Gasteiger partial charge in [0.1, 0.15) is 0 Å². The molecule has 3 rings (SSSR count). The fourth-order valence-corrected chi connectivity index (χ4v) is 3.86. The minimum absolute atomic E-state index is 0. The molecule has 21 heavy (non-hydrogen) atoms. The molecule has 2 aliphatic rings. The Labute approximate surface area is 160 Å². The van der Waals surface area contributed by atoms with Gasteiger partial charge < -0.3 is 24.8 Å². The largest absolute Gasteiger partial charge is 2.00 e. The zero-order valence-corrected chi connectivity index (χ0v) is 17.0. The monoisotopic (exact) mass is 412 g/mol.